The molecule has 0 spiro atoms. The average molecular weight is 395 g/mol. The van der Waals surface area contributed by atoms with Crippen LogP contribution in [0, 0.1) is 0 Å². The molecule has 0 saturated carbocycles. The topological polar surface area (TPSA) is 0 Å². The third-order valence-electron chi connectivity index (χ3n) is 4.91. The van der Waals surface area contributed by atoms with E-state index in [0.717, 1.165) is 6.42 Å². The van der Waals surface area contributed by atoms with Gasteiger partial charge < -0.3 is 0 Å². The monoisotopic (exact) mass is 394 g/mol. The van der Waals surface area contributed by atoms with Crippen LogP contribution < -0.4 is 10.6 Å². The lowest BCUT2D eigenvalue weighted by molar-refractivity contribution is 1.39. The molecule has 0 bridgehead atoms. The predicted molar refractivity (Wildman–Crippen MR) is 125 cm³/mol. The maximum absolute atomic E-state index is 2.59. The summed E-state index contributed by atoms with van der Waals surface area (Å²) >= 11 is 0. The van der Waals surface area contributed by atoms with E-state index in [0.29, 0.717) is 0 Å². The minimum atomic E-state index is -1.43. The lowest BCUT2D eigenvalue weighted by Crippen LogP contribution is -2.34. The van der Waals surface area contributed by atoms with Crippen molar-refractivity contribution in [3.8, 4) is 0 Å². The lowest BCUT2D eigenvalue weighted by atomic mass is 10.4. The van der Waals surface area contributed by atoms with Gasteiger partial charge in [-0.05, 0) is 30.3 Å². The molecule has 0 radical (unpaired) electrons. The maximum Gasteiger partial charge on any atom is 0.0778 e. The quantitative estimate of drug-likeness (QED) is 0.403. The average Bonchev–Trinajstić information content (AvgIpc) is 3.02. The molecule has 0 N–H and O–H groups in total. The van der Waals surface area contributed by atoms with Crippen molar-refractivity contribution in [2.75, 3.05) is 0 Å². The molecule has 1 aliphatic rings. The Morgan fingerprint density at radius 2 is 1.12 bits per heavy atom. The molecule has 136 valence electrons. The van der Waals surface area contributed by atoms with Gasteiger partial charge in [-0.2, -0.15) is 0 Å². The lowest BCUT2D eigenvalue weighted by Gasteiger charge is -2.32. The highest BCUT2D eigenvalue weighted by Gasteiger charge is 2.38. The Hall–Kier alpha value is -1.22. The standard InChI is InChI=1S/C23H31PSi2/c1-25(2,3)22-18-17-21(23(22)26(4,5)6)24(19-13-9-7-10-14-19)20-15-11-8-12-16-20/h7-16,18H,17H2,1-6H3. The van der Waals surface area contributed by atoms with Crippen LogP contribution in [0.2, 0.25) is 39.3 Å². The molecule has 0 atom stereocenters. The Balaban J connectivity index is 2.23. The van der Waals surface area contributed by atoms with Crippen molar-refractivity contribution in [2.24, 2.45) is 0 Å². The van der Waals surface area contributed by atoms with Crippen molar-refractivity contribution in [1.82, 2.24) is 0 Å². The molecule has 0 saturated heterocycles. The van der Waals surface area contributed by atoms with Gasteiger partial charge in [-0.25, -0.2) is 0 Å². The molecule has 1 aliphatic carbocycles. The van der Waals surface area contributed by atoms with Crippen LogP contribution in [-0.4, -0.2) is 16.1 Å². The number of allylic oxidation sites excluding steroid dienone is 4. The van der Waals surface area contributed by atoms with Gasteiger partial charge >= 0.3 is 0 Å². The number of hydrogen-bond donors (Lipinski definition) is 0. The van der Waals surface area contributed by atoms with Crippen LogP contribution >= 0.6 is 7.92 Å². The molecule has 2 aromatic carbocycles. The van der Waals surface area contributed by atoms with E-state index in [-0.39, 0.29) is 0 Å². The molecular weight excluding hydrogens is 363 g/mol. The first kappa shape index (κ1) is 19.5. The van der Waals surface area contributed by atoms with E-state index < -0.39 is 24.1 Å². The molecule has 0 nitrogen and oxygen atoms in total. The van der Waals surface area contributed by atoms with E-state index >= 15 is 0 Å². The fraction of sp³-hybridized carbons (Fsp3) is 0.304. The predicted octanol–water partition coefficient (Wildman–Crippen LogP) is 6.46. The summed E-state index contributed by atoms with van der Waals surface area (Å²) in [6, 6.07) is 22.4. The minimum absolute atomic E-state index is 0.445. The fourth-order valence-corrected chi connectivity index (χ4v) is 13.6. The van der Waals surface area contributed by atoms with E-state index in [2.05, 4.69) is 106 Å². The van der Waals surface area contributed by atoms with Crippen LogP contribution in [0.1, 0.15) is 6.42 Å². The molecule has 0 unspecified atom stereocenters. The fourth-order valence-electron chi connectivity index (χ4n) is 3.89. The zero-order valence-electron chi connectivity index (χ0n) is 17.0. The number of benzene rings is 2. The van der Waals surface area contributed by atoms with Crippen LogP contribution in [-0.2, 0) is 0 Å². The molecule has 3 heteroatoms. The Morgan fingerprint density at radius 3 is 1.50 bits per heavy atom. The van der Waals surface area contributed by atoms with Gasteiger partial charge in [0.15, 0.2) is 0 Å². The molecule has 0 fully saturated rings. The van der Waals surface area contributed by atoms with Crippen molar-refractivity contribution in [3.63, 3.8) is 0 Å². The second kappa shape index (κ2) is 7.42. The minimum Gasteiger partial charge on any atom is -0.0809 e. The van der Waals surface area contributed by atoms with Crippen LogP contribution in [0.4, 0.5) is 0 Å². The highest BCUT2D eigenvalue weighted by atomic mass is 31.1. The summed E-state index contributed by atoms with van der Waals surface area (Å²) in [5.41, 5.74) is 0. The Kier molecular flexibility index (Phi) is 5.58. The van der Waals surface area contributed by atoms with Crippen molar-refractivity contribution in [2.45, 2.75) is 45.7 Å². The molecule has 0 aliphatic heterocycles. The molecule has 3 rings (SSSR count). The van der Waals surface area contributed by atoms with Gasteiger partial charge in [0.25, 0.3) is 0 Å². The summed E-state index contributed by atoms with van der Waals surface area (Å²) in [5, 5.41) is 8.24. The SMILES string of the molecule is C[Si](C)(C)C1=CCC(P(c2ccccc2)c2ccccc2)=C1[Si](C)(C)C. The number of hydrogen-bond acceptors (Lipinski definition) is 0. The number of rotatable bonds is 5. The summed E-state index contributed by atoms with van der Waals surface area (Å²) in [7, 11) is -3.21. The Labute approximate surface area is 162 Å². The molecule has 2 aromatic rings. The van der Waals surface area contributed by atoms with Crippen LogP contribution in [0.5, 0.6) is 0 Å². The van der Waals surface area contributed by atoms with Crippen molar-refractivity contribution >= 4 is 34.7 Å². The summed E-state index contributed by atoms with van der Waals surface area (Å²) in [5.74, 6) is 0. The summed E-state index contributed by atoms with van der Waals surface area (Å²) in [6.07, 6.45) is 3.74. The highest BCUT2D eigenvalue weighted by Crippen LogP contribution is 2.53. The first-order chi connectivity index (χ1) is 12.2. The van der Waals surface area contributed by atoms with E-state index in [1.54, 1.807) is 15.7 Å². The zero-order chi connectivity index (χ0) is 18.9. The molecule has 26 heavy (non-hydrogen) atoms. The van der Waals surface area contributed by atoms with Gasteiger partial charge in [-0.3, -0.25) is 0 Å². The van der Waals surface area contributed by atoms with Crippen LogP contribution in [0.25, 0.3) is 0 Å². The molecule has 0 aromatic heterocycles. The van der Waals surface area contributed by atoms with Gasteiger partial charge in [0, 0.05) is 0 Å². The summed E-state index contributed by atoms with van der Waals surface area (Å²) in [4.78, 5) is 0. The van der Waals surface area contributed by atoms with Gasteiger partial charge in [-0.15, -0.1) is 0 Å². The molecule has 0 heterocycles. The van der Waals surface area contributed by atoms with Gasteiger partial charge in [0.1, 0.15) is 0 Å². The Morgan fingerprint density at radius 1 is 0.654 bits per heavy atom. The first-order valence-electron chi connectivity index (χ1n) is 9.54. The normalized spacial score (nSPS) is 15.6. The van der Waals surface area contributed by atoms with E-state index in [1.807, 2.05) is 0 Å². The summed E-state index contributed by atoms with van der Waals surface area (Å²) in [6.45, 7) is 15.1. The first-order valence-corrected chi connectivity index (χ1v) is 17.9. The van der Waals surface area contributed by atoms with Crippen molar-refractivity contribution in [1.29, 1.82) is 0 Å². The van der Waals surface area contributed by atoms with E-state index in [4.69, 9.17) is 0 Å². The van der Waals surface area contributed by atoms with Crippen LogP contribution in [0.15, 0.2) is 82.4 Å². The van der Waals surface area contributed by atoms with Gasteiger partial charge in [0.2, 0.25) is 0 Å². The summed E-state index contributed by atoms with van der Waals surface area (Å²) < 4.78 is 0. The van der Waals surface area contributed by atoms with E-state index in [1.165, 1.54) is 10.6 Å². The molecular formula is C23H31PSi2. The molecule has 0 amide bonds. The van der Waals surface area contributed by atoms with E-state index in [9.17, 15) is 0 Å². The maximum atomic E-state index is 2.59. The van der Waals surface area contributed by atoms with Gasteiger partial charge in [0.05, 0.1) is 16.1 Å². The second-order valence-corrected chi connectivity index (χ2v) is 21.4. The Bertz CT molecular complexity index is 783. The zero-order valence-corrected chi connectivity index (χ0v) is 19.9. The second-order valence-electron chi connectivity index (χ2n) is 9.15. The third-order valence-corrected chi connectivity index (χ3v) is 12.1. The highest BCUT2D eigenvalue weighted by molar-refractivity contribution is 7.77. The van der Waals surface area contributed by atoms with Gasteiger partial charge in [-0.1, -0.05) is 116 Å². The smallest absolute Gasteiger partial charge is 0.0778 e. The van der Waals surface area contributed by atoms with Crippen LogP contribution in [0.3, 0.4) is 0 Å². The largest absolute Gasteiger partial charge is 0.0809 e. The van der Waals surface area contributed by atoms with Crippen molar-refractivity contribution in [3.05, 3.63) is 82.4 Å². The van der Waals surface area contributed by atoms with Crippen molar-refractivity contribution < 1.29 is 0 Å². The third kappa shape index (κ3) is 4.03.